The van der Waals surface area contributed by atoms with Gasteiger partial charge < -0.3 is 0 Å². The quantitative estimate of drug-likeness (QED) is 0.120. The Bertz CT molecular complexity index is 9680. The lowest BCUT2D eigenvalue weighted by Gasteiger charge is -2.41. The van der Waals surface area contributed by atoms with Gasteiger partial charge in [0, 0.05) is 11.8 Å². The van der Waals surface area contributed by atoms with E-state index in [9.17, 15) is 0 Å². The summed E-state index contributed by atoms with van der Waals surface area (Å²) in [7, 11) is 0. The molecule has 7 aliphatic carbocycles. The van der Waals surface area contributed by atoms with E-state index in [-0.39, 0.29) is 0 Å². The van der Waals surface area contributed by atoms with Gasteiger partial charge in [-0.25, -0.2) is 0 Å². The molecule has 31 rings (SSSR count). The van der Waals surface area contributed by atoms with Gasteiger partial charge in [0.2, 0.25) is 0 Å². The molecule has 0 aromatic heterocycles. The van der Waals surface area contributed by atoms with Crippen molar-refractivity contribution in [3.05, 3.63) is 535 Å². The van der Waals surface area contributed by atoms with Crippen LogP contribution >= 0.6 is 0 Å². The van der Waals surface area contributed by atoms with Crippen molar-refractivity contribution in [2.45, 2.75) is 41.5 Å². The minimum Gasteiger partial charge on any atom is -0.0622 e. The van der Waals surface area contributed by atoms with Crippen LogP contribution in [0.5, 0.6) is 0 Å². The van der Waals surface area contributed by atoms with Gasteiger partial charge in [-0.2, -0.15) is 0 Å². The lowest BCUT2D eigenvalue weighted by molar-refractivity contribution is 0.566. The Morgan fingerprint density at radius 2 is 0.459 bits per heavy atom. The normalized spacial score (nSPS) is 14.4. The Balaban J connectivity index is 0.000000104. The van der Waals surface area contributed by atoms with Gasteiger partial charge in [0.15, 0.2) is 0 Å². The molecular formula is C146H98. The summed E-state index contributed by atoms with van der Waals surface area (Å²) < 4.78 is 0. The Morgan fingerprint density at radius 1 is 0.158 bits per heavy atom. The van der Waals surface area contributed by atoms with Crippen molar-refractivity contribution >= 4 is 103 Å². The van der Waals surface area contributed by atoms with Crippen LogP contribution in [0.4, 0.5) is 0 Å². The second kappa shape index (κ2) is 33.3. The Morgan fingerprint density at radius 3 is 0.877 bits per heavy atom. The van der Waals surface area contributed by atoms with E-state index >= 15 is 0 Å². The highest BCUT2D eigenvalue weighted by molar-refractivity contribution is 6.34. The number of fused-ring (bicyclic) bond motifs is 12. The van der Waals surface area contributed by atoms with E-state index in [0.717, 1.165) is 0 Å². The Kier molecular flexibility index (Phi) is 19.4. The van der Waals surface area contributed by atoms with Crippen LogP contribution in [0.3, 0.4) is 0 Å². The summed E-state index contributed by atoms with van der Waals surface area (Å²) in [5.41, 5.74) is 55.2. The molecule has 0 saturated heterocycles. The predicted octanol–water partition coefficient (Wildman–Crippen LogP) is 40.2. The maximum absolute atomic E-state index is 2.47. The van der Waals surface area contributed by atoms with Gasteiger partial charge >= 0.3 is 0 Å². The van der Waals surface area contributed by atoms with Gasteiger partial charge in [0.05, 0.1) is 0 Å². The number of hydrogen-bond donors (Lipinski definition) is 0. The van der Waals surface area contributed by atoms with E-state index in [1.165, 1.54) is 331 Å². The summed E-state index contributed by atoms with van der Waals surface area (Å²) in [5.74, 6) is 0.663. The minimum absolute atomic E-state index is 0.306. The molecule has 0 N–H and O–H groups in total. The third-order valence-corrected chi connectivity index (χ3v) is 33.0. The molecule has 2 unspecified atom stereocenters. The molecule has 24 aromatic rings. The SMILES string of the molecule is Cc1ccc2c(-c3ccc(-c4ccccc4)cc3)c3c(c(-c4ccc(-c5ccccc5)cc4)c2c1)-c1ccc(C)c2cccc-3c12.Cc1ccc2c(-c3ccc(-c4ccccc4)cc3)c3c(c(-c4ccc(-c5ccccc5)cc4)c2c1)-c1cccc2c(C)ccc-3c12.Cc1ccc2c(-c3ccc4ccc5cccc6ccc3c4c56)c3c(c(C4=C5C=CC6=CC=CC7=CC=C(C=C4)C5C67)c2c1)-c1cccc2c(C)ccc-3c12. The van der Waals surface area contributed by atoms with E-state index in [1.54, 1.807) is 0 Å². The average Bonchev–Trinajstić information content (AvgIpc) is 1.53. The zero-order valence-electron chi connectivity index (χ0n) is 82.2. The van der Waals surface area contributed by atoms with Crippen LogP contribution in [-0.4, -0.2) is 0 Å². The third-order valence-electron chi connectivity index (χ3n) is 33.0. The monoisotopic (exact) mass is 1850 g/mol. The largest absolute Gasteiger partial charge is 0.0622 e. The average molecular weight is 1850 g/mol. The molecule has 24 aromatic carbocycles. The number of allylic oxidation sites excluding steroid dienone is 14. The molecule has 0 spiro atoms. The number of rotatable bonds is 10. The zero-order valence-corrected chi connectivity index (χ0v) is 82.2. The van der Waals surface area contributed by atoms with E-state index in [2.05, 4.69) is 515 Å². The molecule has 682 valence electrons. The van der Waals surface area contributed by atoms with Crippen molar-refractivity contribution in [2.24, 2.45) is 11.8 Å². The van der Waals surface area contributed by atoms with Crippen LogP contribution in [0.25, 0.3) is 269 Å². The summed E-state index contributed by atoms with van der Waals surface area (Å²) in [5, 5.41) is 23.9. The molecule has 2 atom stereocenters. The smallest absolute Gasteiger partial charge is 0.0205 e. The van der Waals surface area contributed by atoms with Crippen LogP contribution in [0.1, 0.15) is 38.9 Å². The highest BCUT2D eigenvalue weighted by Gasteiger charge is 2.42. The van der Waals surface area contributed by atoms with Crippen molar-refractivity contribution in [3.63, 3.8) is 0 Å². The van der Waals surface area contributed by atoms with E-state index in [1.807, 2.05) is 0 Å². The number of hydrogen-bond acceptors (Lipinski definition) is 0. The molecule has 0 aliphatic heterocycles. The number of benzene rings is 24. The maximum Gasteiger partial charge on any atom is 0.0205 e. The first-order valence-corrected chi connectivity index (χ1v) is 51.5. The van der Waals surface area contributed by atoms with Gasteiger partial charge in [0.1, 0.15) is 0 Å². The Hall–Kier alpha value is -17.9. The molecule has 0 saturated carbocycles. The Labute approximate surface area is 851 Å². The van der Waals surface area contributed by atoms with Gasteiger partial charge in [0.25, 0.3) is 0 Å². The molecule has 0 radical (unpaired) electrons. The second-order valence-corrected chi connectivity index (χ2v) is 41.2. The highest BCUT2D eigenvalue weighted by atomic mass is 14.4. The third kappa shape index (κ3) is 13.1. The summed E-state index contributed by atoms with van der Waals surface area (Å²) in [4.78, 5) is 0. The van der Waals surface area contributed by atoms with Gasteiger partial charge in [-0.3, -0.25) is 0 Å². The lowest BCUT2D eigenvalue weighted by Crippen LogP contribution is -2.29. The molecule has 0 nitrogen and oxygen atoms in total. The zero-order chi connectivity index (χ0) is 97.0. The number of aryl methyl sites for hydroxylation is 6. The predicted molar refractivity (Wildman–Crippen MR) is 624 cm³/mol. The standard InChI is InChI=1S/C54H34.2C46H32/c1-29-12-22-42-45(28-29)52(41-27-21-36-17-15-32-7-4-9-34-19-25-39(41)49(36)47(32)34)53-43-11-5-10-37-30(2)13-23-44(50(37)43)54(53)51(42)40-26-20-35-16-14-31-6-3-8-33-18-24-38(40)48(35)46(31)33;1-29-16-26-38-41(28-29)43(36-24-20-34(21-25-36)32-12-7-4-8-13-32)45-39-15-9-14-37-30(2)17-27-40(44(37)39)46(45)42(38)35-22-18-33(19-23-35)31-10-5-3-6-11-31;1-29-16-26-38-41(28-29)43(36-24-20-34(21-25-36)32-12-7-4-8-13-32)46-40-27-17-30(2)37-14-9-15-39(44(37)40)45(46)42(38)35-22-18-33(19-23-35)31-10-5-3-6-11-31/h3-28,47,49H,1-2H3;2*3-28H,1-2H3. The molecular weight excluding hydrogens is 1750 g/mol. The molecule has 0 heterocycles. The molecule has 0 heteroatoms. The van der Waals surface area contributed by atoms with Crippen LogP contribution in [0, 0.1) is 53.4 Å². The van der Waals surface area contributed by atoms with Crippen LogP contribution in [0.2, 0.25) is 0 Å². The van der Waals surface area contributed by atoms with Crippen molar-refractivity contribution in [1.29, 1.82) is 0 Å². The molecule has 0 amide bonds. The van der Waals surface area contributed by atoms with Crippen molar-refractivity contribution in [1.82, 2.24) is 0 Å². The molecule has 0 fully saturated rings. The first-order chi connectivity index (χ1) is 71.9. The minimum atomic E-state index is 0.306. The topological polar surface area (TPSA) is 0 Å². The van der Waals surface area contributed by atoms with E-state index < -0.39 is 0 Å². The van der Waals surface area contributed by atoms with Crippen molar-refractivity contribution in [2.75, 3.05) is 0 Å². The van der Waals surface area contributed by atoms with E-state index in [4.69, 9.17) is 0 Å². The second-order valence-electron chi connectivity index (χ2n) is 41.2. The van der Waals surface area contributed by atoms with Crippen LogP contribution in [0.15, 0.2) is 496 Å². The van der Waals surface area contributed by atoms with Crippen molar-refractivity contribution in [3.8, 4) is 167 Å². The van der Waals surface area contributed by atoms with E-state index in [0.29, 0.717) is 11.8 Å². The highest BCUT2D eigenvalue weighted by Crippen LogP contribution is 2.65. The van der Waals surface area contributed by atoms with Gasteiger partial charge in [-0.05, 0) is 356 Å². The molecule has 0 bridgehead atoms. The summed E-state index contributed by atoms with van der Waals surface area (Å²) in [6.45, 7) is 13.4. The summed E-state index contributed by atoms with van der Waals surface area (Å²) in [6.07, 6.45) is 21.2. The summed E-state index contributed by atoms with van der Waals surface area (Å²) >= 11 is 0. The lowest BCUT2D eigenvalue weighted by atomic mass is 9.62. The van der Waals surface area contributed by atoms with Crippen LogP contribution in [-0.2, 0) is 0 Å². The van der Waals surface area contributed by atoms with Gasteiger partial charge in [-0.15, -0.1) is 0 Å². The van der Waals surface area contributed by atoms with Crippen molar-refractivity contribution < 1.29 is 0 Å². The first-order valence-electron chi connectivity index (χ1n) is 51.5. The van der Waals surface area contributed by atoms with Crippen LogP contribution < -0.4 is 0 Å². The fourth-order valence-electron chi connectivity index (χ4n) is 26.3. The summed E-state index contributed by atoms with van der Waals surface area (Å²) in [6, 6.07) is 156. The maximum atomic E-state index is 2.47. The van der Waals surface area contributed by atoms with Gasteiger partial charge in [-0.1, -0.05) is 490 Å². The first kappa shape index (κ1) is 84.9. The molecule has 146 heavy (non-hydrogen) atoms. The fraction of sp³-hybridized carbons (Fsp3) is 0.0548. The molecule has 7 aliphatic rings. The fourth-order valence-corrected chi connectivity index (χ4v) is 26.3.